The molecule has 3 N–H and O–H groups in total. The number of rotatable bonds is 5. The number of amides is 2. The number of halogens is 1. The third kappa shape index (κ3) is 5.30. The van der Waals surface area contributed by atoms with Crippen LogP contribution in [0.4, 0.5) is 10.1 Å². The Hall–Kier alpha value is -3.05. The van der Waals surface area contributed by atoms with E-state index in [4.69, 9.17) is 17.0 Å². The molecule has 158 valence electrons. The second-order valence-electron chi connectivity index (χ2n) is 6.53. The number of thiophene rings is 1. The van der Waals surface area contributed by atoms with Crippen LogP contribution in [0, 0.1) is 11.7 Å². The molecule has 0 spiro atoms. The maximum Gasteiger partial charge on any atom is 0.350 e. The van der Waals surface area contributed by atoms with Crippen LogP contribution in [0.25, 0.3) is 0 Å². The molecule has 2 amide bonds. The molecule has 30 heavy (non-hydrogen) atoms. The number of carbonyl (C=O) groups excluding carboxylic acids is 3. The Morgan fingerprint density at radius 2 is 2.00 bits per heavy atom. The van der Waals surface area contributed by atoms with Crippen molar-refractivity contribution < 1.29 is 23.5 Å². The van der Waals surface area contributed by atoms with Crippen molar-refractivity contribution >= 4 is 52.1 Å². The molecule has 1 aliphatic heterocycles. The third-order valence-electron chi connectivity index (χ3n) is 4.46. The fraction of sp³-hybridized carbons (Fsp3) is 0.263. The number of anilines is 1. The van der Waals surface area contributed by atoms with E-state index >= 15 is 0 Å². The molecule has 0 radical (unpaired) electrons. The molecule has 1 saturated heterocycles. The maximum absolute atomic E-state index is 13.0. The van der Waals surface area contributed by atoms with Crippen molar-refractivity contribution in [3.05, 3.63) is 52.0 Å². The number of nitrogens with zero attached hydrogens (tertiary/aromatic N) is 1. The van der Waals surface area contributed by atoms with E-state index in [0.717, 1.165) is 5.56 Å². The van der Waals surface area contributed by atoms with Gasteiger partial charge in [0.25, 0.3) is 0 Å². The molecule has 2 heterocycles. The molecule has 3 rings (SSSR count). The van der Waals surface area contributed by atoms with Gasteiger partial charge in [-0.15, -0.1) is 11.3 Å². The zero-order valence-electron chi connectivity index (χ0n) is 15.9. The van der Waals surface area contributed by atoms with E-state index < -0.39 is 11.9 Å². The highest BCUT2D eigenvalue weighted by Crippen LogP contribution is 2.23. The number of nitrogens with one attached hydrogen (secondary N) is 3. The summed E-state index contributed by atoms with van der Waals surface area (Å²) < 4.78 is 17.7. The van der Waals surface area contributed by atoms with Gasteiger partial charge in [0.1, 0.15) is 10.7 Å². The lowest BCUT2D eigenvalue weighted by Crippen LogP contribution is -2.46. The first-order valence-corrected chi connectivity index (χ1v) is 10.2. The SMILES string of the molecule is COC(=O)c1sccc1NC(=S)NNC(=O)C1CC(=O)N(Cc2ccc(F)cc2)C1. The summed E-state index contributed by atoms with van der Waals surface area (Å²) in [6.45, 7) is 0.561. The molecule has 1 aliphatic rings. The largest absolute Gasteiger partial charge is 0.465 e. The number of hydrogen-bond donors (Lipinski definition) is 3. The van der Waals surface area contributed by atoms with E-state index in [-0.39, 0.29) is 35.7 Å². The van der Waals surface area contributed by atoms with Crippen LogP contribution in [0.2, 0.25) is 0 Å². The van der Waals surface area contributed by atoms with Gasteiger partial charge in [-0.1, -0.05) is 12.1 Å². The van der Waals surface area contributed by atoms with Crippen LogP contribution in [-0.2, 0) is 20.9 Å². The topological polar surface area (TPSA) is 99.8 Å². The van der Waals surface area contributed by atoms with Gasteiger partial charge in [0.05, 0.1) is 18.7 Å². The number of likely N-dealkylation sites (tertiary alicyclic amines) is 1. The van der Waals surface area contributed by atoms with Gasteiger partial charge in [-0.25, -0.2) is 9.18 Å². The molecular weight excluding hydrogens is 431 g/mol. The third-order valence-corrected chi connectivity index (χ3v) is 5.55. The summed E-state index contributed by atoms with van der Waals surface area (Å²) in [6, 6.07) is 7.53. The zero-order chi connectivity index (χ0) is 21.7. The minimum Gasteiger partial charge on any atom is -0.465 e. The highest BCUT2D eigenvalue weighted by atomic mass is 32.1. The average molecular weight is 451 g/mol. The quantitative estimate of drug-likeness (QED) is 0.364. The van der Waals surface area contributed by atoms with Crippen molar-refractivity contribution in [3.63, 3.8) is 0 Å². The number of thiocarbonyl (C=S) groups is 1. The standard InChI is InChI=1S/C19H19FN4O4S2/c1-28-18(27)16-14(6-7-30-16)21-19(29)23-22-17(26)12-8-15(25)24(10-12)9-11-2-4-13(20)5-3-11/h2-7,12H,8-10H2,1H3,(H,22,26)(H2,21,23,29). The minimum absolute atomic E-state index is 0.0753. The highest BCUT2D eigenvalue weighted by Gasteiger charge is 2.34. The van der Waals surface area contributed by atoms with Crippen LogP contribution in [0.5, 0.6) is 0 Å². The lowest BCUT2D eigenvalue weighted by atomic mass is 10.1. The number of esters is 1. The van der Waals surface area contributed by atoms with Gasteiger partial charge in [-0.05, 0) is 41.4 Å². The van der Waals surface area contributed by atoms with Crippen LogP contribution in [0.3, 0.4) is 0 Å². The van der Waals surface area contributed by atoms with Crippen molar-refractivity contribution in [1.29, 1.82) is 0 Å². The summed E-state index contributed by atoms with van der Waals surface area (Å²) in [4.78, 5) is 38.2. The number of hydrazine groups is 1. The van der Waals surface area contributed by atoms with Gasteiger partial charge in [0.2, 0.25) is 11.8 Å². The summed E-state index contributed by atoms with van der Waals surface area (Å²) >= 11 is 6.32. The summed E-state index contributed by atoms with van der Waals surface area (Å²) in [5, 5.41) is 4.60. The van der Waals surface area contributed by atoms with E-state index in [1.807, 2.05) is 0 Å². The van der Waals surface area contributed by atoms with Gasteiger partial charge in [0.15, 0.2) is 5.11 Å². The lowest BCUT2D eigenvalue weighted by Gasteiger charge is -2.17. The molecule has 0 saturated carbocycles. The second-order valence-corrected chi connectivity index (χ2v) is 7.85. The Bertz CT molecular complexity index is 964. The Kier molecular flexibility index (Phi) is 6.95. The summed E-state index contributed by atoms with van der Waals surface area (Å²) in [5.41, 5.74) is 6.29. The van der Waals surface area contributed by atoms with Crippen LogP contribution in [-0.4, -0.2) is 41.5 Å². The van der Waals surface area contributed by atoms with Gasteiger partial charge in [0, 0.05) is 19.5 Å². The van der Waals surface area contributed by atoms with Gasteiger partial charge in [-0.2, -0.15) is 0 Å². The summed E-state index contributed by atoms with van der Waals surface area (Å²) in [6.07, 6.45) is 0.0753. The lowest BCUT2D eigenvalue weighted by molar-refractivity contribution is -0.129. The number of carbonyl (C=O) groups is 3. The van der Waals surface area contributed by atoms with Crippen molar-refractivity contribution in [2.75, 3.05) is 19.0 Å². The Labute approximate surface area is 181 Å². The Balaban J connectivity index is 1.48. The highest BCUT2D eigenvalue weighted by molar-refractivity contribution is 7.80. The molecule has 0 aliphatic carbocycles. The van der Waals surface area contributed by atoms with Crippen LogP contribution >= 0.6 is 23.6 Å². The normalized spacial score (nSPS) is 15.6. The van der Waals surface area contributed by atoms with Gasteiger partial charge in [-0.3, -0.25) is 20.4 Å². The van der Waals surface area contributed by atoms with Crippen LogP contribution in [0.15, 0.2) is 35.7 Å². The molecule has 0 bridgehead atoms. The van der Waals surface area contributed by atoms with Gasteiger partial charge < -0.3 is 15.0 Å². The molecule has 11 heteroatoms. The van der Waals surface area contributed by atoms with E-state index in [1.165, 1.54) is 30.6 Å². The number of ether oxygens (including phenoxy) is 1. The fourth-order valence-corrected chi connectivity index (χ4v) is 3.87. The molecule has 1 aromatic carbocycles. The number of methoxy groups -OCH3 is 1. The van der Waals surface area contributed by atoms with Crippen molar-refractivity contribution in [3.8, 4) is 0 Å². The number of benzene rings is 1. The van der Waals surface area contributed by atoms with Crippen LogP contribution < -0.4 is 16.2 Å². The number of hydrogen-bond acceptors (Lipinski definition) is 6. The van der Waals surface area contributed by atoms with E-state index in [0.29, 0.717) is 17.1 Å². The summed E-state index contributed by atoms with van der Waals surface area (Å²) in [7, 11) is 1.28. The van der Waals surface area contributed by atoms with Crippen molar-refractivity contribution in [2.24, 2.45) is 5.92 Å². The second kappa shape index (κ2) is 9.63. The molecule has 2 aromatic rings. The Morgan fingerprint density at radius 1 is 1.27 bits per heavy atom. The first-order valence-electron chi connectivity index (χ1n) is 8.92. The summed E-state index contributed by atoms with van der Waals surface area (Å²) in [5.74, 6) is -1.92. The predicted molar refractivity (Wildman–Crippen MR) is 113 cm³/mol. The Morgan fingerprint density at radius 3 is 2.70 bits per heavy atom. The van der Waals surface area contributed by atoms with Crippen molar-refractivity contribution in [2.45, 2.75) is 13.0 Å². The average Bonchev–Trinajstić information content (AvgIpc) is 3.34. The zero-order valence-corrected chi connectivity index (χ0v) is 17.6. The van der Waals surface area contributed by atoms with E-state index in [9.17, 15) is 18.8 Å². The molecule has 1 unspecified atom stereocenters. The van der Waals surface area contributed by atoms with Crippen LogP contribution in [0.1, 0.15) is 21.7 Å². The van der Waals surface area contributed by atoms with Gasteiger partial charge >= 0.3 is 5.97 Å². The molecule has 8 nitrogen and oxygen atoms in total. The first kappa shape index (κ1) is 21.7. The van der Waals surface area contributed by atoms with Crippen molar-refractivity contribution in [1.82, 2.24) is 15.8 Å². The minimum atomic E-state index is -0.542. The van der Waals surface area contributed by atoms with E-state index in [2.05, 4.69) is 16.2 Å². The first-order chi connectivity index (χ1) is 14.4. The monoisotopic (exact) mass is 450 g/mol. The predicted octanol–water partition coefficient (Wildman–Crippen LogP) is 2.04. The smallest absolute Gasteiger partial charge is 0.350 e. The molecule has 1 atom stereocenters. The molecule has 1 fully saturated rings. The molecule has 1 aromatic heterocycles. The maximum atomic E-state index is 13.0. The van der Waals surface area contributed by atoms with E-state index in [1.54, 1.807) is 28.5 Å². The fourth-order valence-electron chi connectivity index (χ4n) is 2.94. The molecular formula is C19H19FN4O4S2.